The zero-order valence-corrected chi connectivity index (χ0v) is 15.4. The molecule has 5 nitrogen and oxygen atoms in total. The summed E-state index contributed by atoms with van der Waals surface area (Å²) in [6, 6.07) is 14.4. The average molecular weight is 360 g/mol. The van der Waals surface area contributed by atoms with Gasteiger partial charge < -0.3 is 8.98 Å². The topological polar surface area (TPSA) is 58.0 Å². The number of nitriles is 1. The summed E-state index contributed by atoms with van der Waals surface area (Å²) in [5.41, 5.74) is 1.51. The minimum absolute atomic E-state index is 0.570. The molecule has 2 aromatic heterocycles. The fourth-order valence-corrected chi connectivity index (χ4v) is 3.92. The minimum Gasteiger partial charge on any atom is -0.460 e. The second kappa shape index (κ2) is 8.24. The van der Waals surface area contributed by atoms with Gasteiger partial charge in [0, 0.05) is 30.5 Å². The Bertz CT molecular complexity index is 907. The first kappa shape index (κ1) is 17.6. The maximum absolute atomic E-state index is 9.31. The van der Waals surface area contributed by atoms with Crippen LogP contribution < -0.4 is 0 Å². The molecule has 1 aromatic carbocycles. The quantitative estimate of drug-likeness (QED) is 0.651. The van der Waals surface area contributed by atoms with Gasteiger partial charge in [-0.05, 0) is 50.1 Å². The molecular formula is C22H24N4O. The summed E-state index contributed by atoms with van der Waals surface area (Å²) < 4.78 is 8.26. The van der Waals surface area contributed by atoms with E-state index in [4.69, 9.17) is 4.42 Å². The van der Waals surface area contributed by atoms with Gasteiger partial charge in [-0.1, -0.05) is 18.6 Å². The molecule has 0 aliphatic carbocycles. The van der Waals surface area contributed by atoms with Crippen molar-refractivity contribution in [2.24, 2.45) is 0 Å². The number of imidazole rings is 1. The third kappa shape index (κ3) is 4.12. The molecular weight excluding hydrogens is 336 g/mol. The second-order valence-corrected chi connectivity index (χ2v) is 7.13. The van der Waals surface area contributed by atoms with Gasteiger partial charge in [0.05, 0.1) is 24.5 Å². The monoisotopic (exact) mass is 360 g/mol. The van der Waals surface area contributed by atoms with Gasteiger partial charge in [0.25, 0.3) is 0 Å². The third-order valence-corrected chi connectivity index (χ3v) is 5.36. The van der Waals surface area contributed by atoms with Crippen molar-refractivity contribution in [3.63, 3.8) is 0 Å². The molecule has 138 valence electrons. The van der Waals surface area contributed by atoms with Gasteiger partial charge in [0.15, 0.2) is 0 Å². The first-order valence-corrected chi connectivity index (χ1v) is 9.61. The fourth-order valence-electron chi connectivity index (χ4n) is 3.92. The number of hydrogen-bond donors (Lipinski definition) is 0. The molecule has 0 amide bonds. The Morgan fingerprint density at radius 3 is 2.96 bits per heavy atom. The summed E-state index contributed by atoms with van der Waals surface area (Å²) in [6.45, 7) is 2.93. The normalized spacial score (nSPS) is 17.7. The lowest BCUT2D eigenvalue weighted by molar-refractivity contribution is 0.119. The fraction of sp³-hybridized carbons (Fsp3) is 0.364. The highest BCUT2D eigenvalue weighted by atomic mass is 16.3. The zero-order chi connectivity index (χ0) is 18.5. The molecule has 27 heavy (non-hydrogen) atoms. The number of benzene rings is 1. The first-order valence-electron chi connectivity index (χ1n) is 9.61. The highest BCUT2D eigenvalue weighted by Crippen LogP contribution is 2.28. The van der Waals surface area contributed by atoms with Crippen molar-refractivity contribution in [1.29, 1.82) is 5.26 Å². The van der Waals surface area contributed by atoms with Crippen LogP contribution in [0.3, 0.4) is 0 Å². The molecule has 5 heteroatoms. The Labute approximate surface area is 159 Å². The van der Waals surface area contributed by atoms with Crippen LogP contribution in [0.2, 0.25) is 0 Å². The molecule has 1 saturated heterocycles. The molecule has 0 saturated carbocycles. The molecule has 1 aliphatic rings. The molecule has 0 bridgehead atoms. The zero-order valence-electron chi connectivity index (χ0n) is 15.4. The van der Waals surface area contributed by atoms with E-state index >= 15 is 0 Å². The van der Waals surface area contributed by atoms with Gasteiger partial charge in [0.2, 0.25) is 0 Å². The van der Waals surface area contributed by atoms with E-state index in [9.17, 15) is 5.26 Å². The van der Waals surface area contributed by atoms with E-state index in [1.807, 2.05) is 55.1 Å². The van der Waals surface area contributed by atoms with Crippen LogP contribution in [-0.4, -0.2) is 27.0 Å². The smallest absolute Gasteiger partial charge is 0.135 e. The van der Waals surface area contributed by atoms with Crippen molar-refractivity contribution in [3.8, 4) is 17.4 Å². The number of hydrogen-bond acceptors (Lipinski definition) is 4. The van der Waals surface area contributed by atoms with Crippen LogP contribution >= 0.6 is 0 Å². The Balaban J connectivity index is 1.44. The van der Waals surface area contributed by atoms with E-state index in [1.54, 1.807) is 0 Å². The molecule has 0 radical (unpaired) electrons. The van der Waals surface area contributed by atoms with Crippen LogP contribution in [0.5, 0.6) is 0 Å². The van der Waals surface area contributed by atoms with Gasteiger partial charge in [-0.3, -0.25) is 4.90 Å². The highest BCUT2D eigenvalue weighted by molar-refractivity contribution is 5.66. The predicted octanol–water partition coefficient (Wildman–Crippen LogP) is 4.46. The average Bonchev–Trinajstić information content (AvgIpc) is 3.39. The summed E-state index contributed by atoms with van der Waals surface area (Å²) in [5, 5.41) is 9.31. The summed E-state index contributed by atoms with van der Waals surface area (Å²) in [7, 11) is 0. The van der Waals surface area contributed by atoms with Crippen molar-refractivity contribution >= 4 is 0 Å². The number of aryl methyl sites for hydroxylation is 1. The summed E-state index contributed by atoms with van der Waals surface area (Å²) in [4.78, 5) is 6.67. The summed E-state index contributed by atoms with van der Waals surface area (Å²) in [6.07, 6.45) is 10.6. The molecule has 0 spiro atoms. The SMILES string of the molecule is N#Cc1ccccc1-c1ccc(CN2CCCC[C@@H]2CCn2ccnc2)o1. The van der Waals surface area contributed by atoms with Gasteiger partial charge >= 0.3 is 0 Å². The van der Waals surface area contributed by atoms with Crippen LogP contribution in [-0.2, 0) is 13.1 Å². The van der Waals surface area contributed by atoms with Crippen LogP contribution in [0.25, 0.3) is 11.3 Å². The summed E-state index contributed by atoms with van der Waals surface area (Å²) in [5.74, 6) is 1.74. The van der Waals surface area contributed by atoms with E-state index in [2.05, 4.69) is 20.5 Å². The molecule has 0 N–H and O–H groups in total. The Hall–Kier alpha value is -2.84. The van der Waals surface area contributed by atoms with E-state index < -0.39 is 0 Å². The largest absolute Gasteiger partial charge is 0.460 e. The van der Waals surface area contributed by atoms with Gasteiger partial charge in [0.1, 0.15) is 11.5 Å². The molecule has 1 atom stereocenters. The van der Waals surface area contributed by atoms with Crippen molar-refractivity contribution in [3.05, 3.63) is 66.4 Å². The van der Waals surface area contributed by atoms with E-state index in [0.717, 1.165) is 43.1 Å². The molecule has 1 fully saturated rings. The van der Waals surface area contributed by atoms with Crippen molar-refractivity contribution in [1.82, 2.24) is 14.5 Å². The predicted molar refractivity (Wildman–Crippen MR) is 104 cm³/mol. The van der Waals surface area contributed by atoms with E-state index in [0.29, 0.717) is 11.6 Å². The third-order valence-electron chi connectivity index (χ3n) is 5.36. The number of aromatic nitrogens is 2. The molecule has 0 unspecified atom stereocenters. The van der Waals surface area contributed by atoms with Gasteiger partial charge in [-0.2, -0.15) is 5.26 Å². The standard InChI is InChI=1S/C22H24N4O/c23-15-18-5-1-2-7-21(18)22-9-8-20(27-22)16-26-12-4-3-6-19(26)10-13-25-14-11-24-17-25/h1-2,5,7-9,11,14,17,19H,3-4,6,10,12-13,16H2/t19-/m1/s1. The van der Waals surface area contributed by atoms with Crippen molar-refractivity contribution in [2.45, 2.75) is 44.8 Å². The van der Waals surface area contributed by atoms with Crippen LogP contribution in [0.15, 0.2) is 59.5 Å². The Morgan fingerprint density at radius 2 is 2.11 bits per heavy atom. The lowest BCUT2D eigenvalue weighted by Gasteiger charge is -2.35. The number of likely N-dealkylation sites (tertiary alicyclic amines) is 1. The number of furan rings is 1. The highest BCUT2D eigenvalue weighted by Gasteiger charge is 2.23. The van der Waals surface area contributed by atoms with E-state index in [1.165, 1.54) is 19.3 Å². The van der Waals surface area contributed by atoms with Gasteiger partial charge in [-0.25, -0.2) is 4.98 Å². The number of piperidine rings is 1. The molecule has 4 rings (SSSR count). The lowest BCUT2D eigenvalue weighted by atomic mass is 9.99. The van der Waals surface area contributed by atoms with Crippen LogP contribution in [0, 0.1) is 11.3 Å². The summed E-state index contributed by atoms with van der Waals surface area (Å²) >= 11 is 0. The molecule has 1 aliphatic heterocycles. The molecule has 3 aromatic rings. The van der Waals surface area contributed by atoms with Gasteiger partial charge in [-0.15, -0.1) is 0 Å². The van der Waals surface area contributed by atoms with E-state index in [-0.39, 0.29) is 0 Å². The van der Waals surface area contributed by atoms with Crippen LogP contribution in [0.4, 0.5) is 0 Å². The lowest BCUT2D eigenvalue weighted by Crippen LogP contribution is -2.39. The van der Waals surface area contributed by atoms with Crippen molar-refractivity contribution in [2.75, 3.05) is 6.54 Å². The second-order valence-electron chi connectivity index (χ2n) is 7.13. The van der Waals surface area contributed by atoms with Crippen LogP contribution in [0.1, 0.15) is 37.0 Å². The Kier molecular flexibility index (Phi) is 5.36. The first-order chi connectivity index (χ1) is 13.3. The minimum atomic E-state index is 0.570. The Morgan fingerprint density at radius 1 is 1.19 bits per heavy atom. The van der Waals surface area contributed by atoms with Crippen molar-refractivity contribution < 1.29 is 4.42 Å². The number of rotatable bonds is 6. The number of nitrogens with zero attached hydrogens (tertiary/aromatic N) is 4. The maximum Gasteiger partial charge on any atom is 0.135 e. The molecule has 3 heterocycles. The maximum atomic E-state index is 9.31.